The molecule has 0 radical (unpaired) electrons. The second-order valence-corrected chi connectivity index (χ2v) is 7.90. The summed E-state index contributed by atoms with van der Waals surface area (Å²) in [6, 6.07) is 11.9. The van der Waals surface area contributed by atoms with Crippen molar-refractivity contribution in [2.24, 2.45) is 0 Å². The third-order valence-corrected chi connectivity index (χ3v) is 5.69. The molecule has 0 saturated heterocycles. The van der Waals surface area contributed by atoms with E-state index >= 15 is 0 Å². The van der Waals surface area contributed by atoms with Crippen molar-refractivity contribution in [3.05, 3.63) is 77.0 Å². The summed E-state index contributed by atoms with van der Waals surface area (Å²) in [7, 11) is 0. The molecule has 4 rings (SSSR count). The van der Waals surface area contributed by atoms with Crippen molar-refractivity contribution >= 4 is 35.3 Å². The lowest BCUT2D eigenvalue weighted by atomic mass is 10.0. The molecule has 0 fully saturated rings. The lowest BCUT2D eigenvalue weighted by Gasteiger charge is -2.24. The molecule has 0 aliphatic carbocycles. The molecule has 1 atom stereocenters. The predicted molar refractivity (Wildman–Crippen MR) is 123 cm³/mol. The summed E-state index contributed by atoms with van der Waals surface area (Å²) in [4.78, 5) is 64.7. The van der Waals surface area contributed by atoms with Crippen LogP contribution in [-0.4, -0.2) is 70.3 Å². The van der Waals surface area contributed by atoms with Crippen LogP contribution in [0.1, 0.15) is 33.2 Å². The third kappa shape index (κ3) is 4.56. The number of anilines is 1. The van der Waals surface area contributed by atoms with Gasteiger partial charge in [0.25, 0.3) is 23.6 Å². The van der Waals surface area contributed by atoms with Gasteiger partial charge in [-0.2, -0.15) is 0 Å². The highest BCUT2D eigenvalue weighted by molar-refractivity contribution is 6.22. The monoisotopic (exact) mass is 477 g/mol. The Balaban J connectivity index is 1.51. The zero-order valence-corrected chi connectivity index (χ0v) is 18.9. The van der Waals surface area contributed by atoms with Crippen molar-refractivity contribution in [1.29, 1.82) is 0 Å². The Morgan fingerprint density at radius 2 is 1.60 bits per heavy atom. The van der Waals surface area contributed by atoms with E-state index in [4.69, 9.17) is 9.84 Å². The minimum Gasteiger partial charge on any atom is -0.464 e. The predicted octanol–water partition coefficient (Wildman–Crippen LogP) is 1.11. The number of esters is 1. The Labute approximate surface area is 200 Å². The van der Waals surface area contributed by atoms with Gasteiger partial charge in [0, 0.05) is 18.2 Å². The summed E-state index contributed by atoms with van der Waals surface area (Å²) < 4.78 is 5.15. The highest BCUT2D eigenvalue weighted by atomic mass is 16.5. The second kappa shape index (κ2) is 9.90. The standard InChI is InChI=1S/C25H23N3O7/c1-2-35-25(34)20(28-22(31)17-5-3-4-6-18(17)23(28)32)13-15-7-9-16(10-8-15)26-19-14-21(30)27(11-12-29)24(19)33/h3-10,14,20,26,29H,2,11-13H2,1H3. The van der Waals surface area contributed by atoms with E-state index in [0.29, 0.717) is 11.3 Å². The molecule has 180 valence electrons. The van der Waals surface area contributed by atoms with Gasteiger partial charge >= 0.3 is 5.97 Å². The Morgan fingerprint density at radius 3 is 2.17 bits per heavy atom. The van der Waals surface area contributed by atoms with Crippen LogP contribution in [0.25, 0.3) is 0 Å². The number of imide groups is 2. The number of rotatable bonds is 9. The van der Waals surface area contributed by atoms with Gasteiger partial charge in [-0.05, 0) is 36.8 Å². The first-order valence-electron chi connectivity index (χ1n) is 11.0. The lowest BCUT2D eigenvalue weighted by Crippen LogP contribution is -2.47. The van der Waals surface area contributed by atoms with Crippen molar-refractivity contribution in [3.63, 3.8) is 0 Å². The number of β-amino-alcohol motifs (C(OH)–C–C–N with tert-alkyl or cyclic N) is 1. The summed E-state index contributed by atoms with van der Waals surface area (Å²) in [6.07, 6.45) is 1.19. The number of benzene rings is 2. The van der Waals surface area contributed by atoms with Crippen molar-refractivity contribution in [3.8, 4) is 0 Å². The summed E-state index contributed by atoms with van der Waals surface area (Å²) >= 11 is 0. The van der Waals surface area contributed by atoms with Crippen LogP contribution in [0.2, 0.25) is 0 Å². The molecule has 4 amide bonds. The Kier molecular flexibility index (Phi) is 6.74. The van der Waals surface area contributed by atoms with Crippen LogP contribution in [0, 0.1) is 0 Å². The molecule has 2 aliphatic rings. The third-order valence-electron chi connectivity index (χ3n) is 5.69. The number of hydrogen-bond acceptors (Lipinski definition) is 8. The van der Waals surface area contributed by atoms with E-state index in [9.17, 15) is 24.0 Å². The van der Waals surface area contributed by atoms with E-state index in [1.165, 1.54) is 0 Å². The minimum absolute atomic E-state index is 0.0367. The highest BCUT2D eigenvalue weighted by Gasteiger charge is 2.43. The molecule has 35 heavy (non-hydrogen) atoms. The van der Waals surface area contributed by atoms with Crippen LogP contribution in [0.3, 0.4) is 0 Å². The van der Waals surface area contributed by atoms with E-state index in [-0.39, 0.29) is 43.0 Å². The Bertz CT molecular complexity index is 1200. The smallest absolute Gasteiger partial charge is 0.329 e. The summed E-state index contributed by atoms with van der Waals surface area (Å²) in [5, 5.41) is 11.9. The molecule has 0 saturated carbocycles. The van der Waals surface area contributed by atoms with E-state index in [0.717, 1.165) is 15.9 Å². The molecule has 2 aromatic rings. The van der Waals surface area contributed by atoms with Crippen LogP contribution in [0.4, 0.5) is 5.69 Å². The number of fused-ring (bicyclic) bond motifs is 1. The quantitative estimate of drug-likeness (QED) is 0.405. The molecule has 0 spiro atoms. The summed E-state index contributed by atoms with van der Waals surface area (Å²) in [5.41, 5.74) is 1.72. The van der Waals surface area contributed by atoms with E-state index in [2.05, 4.69) is 5.32 Å². The number of carbonyl (C=O) groups excluding carboxylic acids is 5. The number of nitrogens with one attached hydrogen (secondary N) is 1. The number of amides is 4. The summed E-state index contributed by atoms with van der Waals surface area (Å²) in [5.74, 6) is -2.84. The van der Waals surface area contributed by atoms with Gasteiger partial charge in [0.15, 0.2) is 0 Å². The van der Waals surface area contributed by atoms with Crippen LogP contribution in [0.15, 0.2) is 60.3 Å². The normalized spacial score (nSPS) is 15.9. The fourth-order valence-corrected chi connectivity index (χ4v) is 4.02. The first kappa shape index (κ1) is 23.8. The van der Waals surface area contributed by atoms with Gasteiger partial charge < -0.3 is 15.2 Å². The molecule has 2 heterocycles. The van der Waals surface area contributed by atoms with Crippen molar-refractivity contribution in [1.82, 2.24) is 9.80 Å². The SMILES string of the molecule is CCOC(=O)C(Cc1ccc(NC2=CC(=O)N(CCO)C2=O)cc1)N1C(=O)c2ccccc2C1=O. The summed E-state index contributed by atoms with van der Waals surface area (Å²) in [6.45, 7) is 1.31. The molecule has 2 aliphatic heterocycles. The molecule has 0 bridgehead atoms. The zero-order chi connectivity index (χ0) is 25.1. The molecule has 10 nitrogen and oxygen atoms in total. The van der Waals surface area contributed by atoms with Crippen LogP contribution in [0.5, 0.6) is 0 Å². The molecular formula is C25H23N3O7. The second-order valence-electron chi connectivity index (χ2n) is 7.90. The fraction of sp³-hybridized carbons (Fsp3) is 0.240. The van der Waals surface area contributed by atoms with Gasteiger partial charge in [-0.25, -0.2) is 4.79 Å². The molecule has 1 unspecified atom stereocenters. The number of nitrogens with zero attached hydrogens (tertiary/aromatic N) is 2. The van der Waals surface area contributed by atoms with Gasteiger partial charge in [0.05, 0.1) is 30.9 Å². The number of hydrogen-bond donors (Lipinski definition) is 2. The maximum absolute atomic E-state index is 12.9. The number of ether oxygens (including phenoxy) is 1. The number of carbonyl (C=O) groups is 5. The van der Waals surface area contributed by atoms with Gasteiger partial charge in [0.2, 0.25) is 0 Å². The molecule has 2 aromatic carbocycles. The molecule has 2 N–H and O–H groups in total. The van der Waals surface area contributed by atoms with Gasteiger partial charge in [-0.3, -0.25) is 29.0 Å². The van der Waals surface area contributed by atoms with E-state index in [1.807, 2.05) is 0 Å². The Hall–Kier alpha value is -4.31. The molecule has 0 aromatic heterocycles. The Morgan fingerprint density at radius 1 is 0.971 bits per heavy atom. The first-order chi connectivity index (χ1) is 16.8. The number of aliphatic hydroxyl groups is 1. The highest BCUT2D eigenvalue weighted by Crippen LogP contribution is 2.27. The average molecular weight is 477 g/mol. The topological polar surface area (TPSA) is 133 Å². The van der Waals surface area contributed by atoms with Crippen molar-refractivity contribution < 1.29 is 33.8 Å². The maximum atomic E-state index is 12.9. The minimum atomic E-state index is -1.15. The maximum Gasteiger partial charge on any atom is 0.329 e. The molecular weight excluding hydrogens is 454 g/mol. The first-order valence-corrected chi connectivity index (χ1v) is 11.0. The van der Waals surface area contributed by atoms with Crippen LogP contribution in [-0.2, 0) is 25.5 Å². The van der Waals surface area contributed by atoms with E-state index < -0.39 is 35.6 Å². The van der Waals surface area contributed by atoms with Crippen molar-refractivity contribution in [2.75, 3.05) is 25.1 Å². The van der Waals surface area contributed by atoms with Gasteiger partial charge in [-0.15, -0.1) is 0 Å². The average Bonchev–Trinajstić information content (AvgIpc) is 3.26. The van der Waals surface area contributed by atoms with E-state index in [1.54, 1.807) is 55.5 Å². The van der Waals surface area contributed by atoms with Crippen molar-refractivity contribution in [2.45, 2.75) is 19.4 Å². The van der Waals surface area contributed by atoms with Gasteiger partial charge in [0.1, 0.15) is 11.7 Å². The lowest BCUT2D eigenvalue weighted by molar-refractivity contribution is -0.147. The van der Waals surface area contributed by atoms with Crippen LogP contribution >= 0.6 is 0 Å². The fourth-order valence-electron chi connectivity index (χ4n) is 4.02. The zero-order valence-electron chi connectivity index (χ0n) is 18.9. The molecule has 10 heteroatoms. The number of aliphatic hydroxyl groups excluding tert-OH is 1. The largest absolute Gasteiger partial charge is 0.464 e. The van der Waals surface area contributed by atoms with Crippen LogP contribution < -0.4 is 5.32 Å². The van der Waals surface area contributed by atoms with Gasteiger partial charge in [-0.1, -0.05) is 24.3 Å².